The predicted molar refractivity (Wildman–Crippen MR) is 127 cm³/mol. The van der Waals surface area contributed by atoms with Gasteiger partial charge < -0.3 is 19.2 Å². The molecule has 0 bridgehead atoms. The molecule has 3 aromatic carbocycles. The Kier molecular flexibility index (Phi) is 6.04. The number of carbonyl (C=O) groups is 1. The van der Waals surface area contributed by atoms with E-state index in [0.29, 0.717) is 39.7 Å². The number of oxazole rings is 1. The molecule has 0 aliphatic rings. The van der Waals surface area contributed by atoms with Gasteiger partial charge in [-0.2, -0.15) is 0 Å². The average molecular weight is 448 g/mol. The van der Waals surface area contributed by atoms with E-state index in [0.717, 1.165) is 11.1 Å². The van der Waals surface area contributed by atoms with Crippen LogP contribution in [0.5, 0.6) is 11.5 Å². The maximum Gasteiger partial charge on any atom is 0.257 e. The van der Waals surface area contributed by atoms with Crippen LogP contribution in [0.4, 0.5) is 5.69 Å². The number of aromatic nitrogens is 1. The fraction of sp³-hybridized carbons (Fsp3) is 0.125. The minimum atomic E-state index is -0.280. The number of hydrogen-bond donors (Lipinski definition) is 2. The van der Waals surface area contributed by atoms with Crippen LogP contribution < -0.4 is 20.1 Å². The summed E-state index contributed by atoms with van der Waals surface area (Å²) in [6.45, 7) is 1.96. The molecule has 0 spiro atoms. The number of carbonyl (C=O) groups excluding carboxylic acids is 1. The minimum absolute atomic E-state index is 0.187. The van der Waals surface area contributed by atoms with Gasteiger partial charge in [0.05, 0.1) is 14.2 Å². The van der Waals surface area contributed by atoms with Crippen molar-refractivity contribution in [1.29, 1.82) is 0 Å². The maximum atomic E-state index is 12.3. The van der Waals surface area contributed by atoms with Crippen LogP contribution in [-0.4, -0.2) is 30.2 Å². The van der Waals surface area contributed by atoms with E-state index in [1.807, 2.05) is 43.3 Å². The van der Waals surface area contributed by atoms with E-state index in [4.69, 9.17) is 26.1 Å². The van der Waals surface area contributed by atoms with Gasteiger partial charge in [0, 0.05) is 28.9 Å². The number of methoxy groups -OCH3 is 2. The molecule has 7 nitrogen and oxygen atoms in total. The van der Waals surface area contributed by atoms with Crippen LogP contribution in [0, 0.1) is 6.92 Å². The lowest BCUT2D eigenvalue weighted by Crippen LogP contribution is -2.34. The molecular formula is C24H21N3O4S. The van der Waals surface area contributed by atoms with Crippen LogP contribution in [0.15, 0.2) is 65.1 Å². The van der Waals surface area contributed by atoms with Gasteiger partial charge in [-0.15, -0.1) is 0 Å². The van der Waals surface area contributed by atoms with E-state index >= 15 is 0 Å². The third-order valence-corrected chi connectivity index (χ3v) is 4.99. The van der Waals surface area contributed by atoms with Gasteiger partial charge in [0.2, 0.25) is 5.89 Å². The van der Waals surface area contributed by atoms with Crippen molar-refractivity contribution in [3.05, 3.63) is 71.8 Å². The number of anilines is 1. The molecule has 0 aliphatic carbocycles. The molecule has 32 heavy (non-hydrogen) atoms. The van der Waals surface area contributed by atoms with Gasteiger partial charge in [0.25, 0.3) is 5.91 Å². The zero-order chi connectivity index (χ0) is 22.7. The molecule has 1 heterocycles. The summed E-state index contributed by atoms with van der Waals surface area (Å²) in [6, 6.07) is 18.1. The first-order chi connectivity index (χ1) is 15.4. The van der Waals surface area contributed by atoms with Crippen molar-refractivity contribution in [2.45, 2.75) is 6.92 Å². The van der Waals surface area contributed by atoms with Gasteiger partial charge in [0.15, 0.2) is 10.7 Å². The van der Waals surface area contributed by atoms with E-state index in [2.05, 4.69) is 15.6 Å². The molecule has 0 unspecified atom stereocenters. The fourth-order valence-corrected chi connectivity index (χ4v) is 3.31. The first-order valence-electron chi connectivity index (χ1n) is 9.78. The van der Waals surface area contributed by atoms with Crippen molar-refractivity contribution in [3.63, 3.8) is 0 Å². The number of ether oxygens (including phenoxy) is 2. The summed E-state index contributed by atoms with van der Waals surface area (Å²) >= 11 is 5.28. The zero-order valence-corrected chi connectivity index (χ0v) is 18.6. The standard InChI is InChI=1S/C24H21N3O4S/c1-14-4-6-15(7-5-14)22(28)27-24(32)25-17-8-9-20-21(12-17)31-23(26-20)16-10-18(29-2)13-19(11-16)30-3/h4-13H,1-3H3,(H2,25,27,28,32). The summed E-state index contributed by atoms with van der Waals surface area (Å²) in [5.41, 5.74) is 4.25. The van der Waals surface area contributed by atoms with Crippen molar-refractivity contribution in [1.82, 2.24) is 10.3 Å². The topological polar surface area (TPSA) is 85.6 Å². The molecule has 4 aromatic rings. The maximum absolute atomic E-state index is 12.3. The Morgan fingerprint density at radius 3 is 2.31 bits per heavy atom. The smallest absolute Gasteiger partial charge is 0.257 e. The zero-order valence-electron chi connectivity index (χ0n) is 17.8. The molecule has 0 saturated carbocycles. The Morgan fingerprint density at radius 1 is 0.969 bits per heavy atom. The second kappa shape index (κ2) is 9.07. The van der Waals surface area contributed by atoms with Crippen LogP contribution in [0.2, 0.25) is 0 Å². The summed E-state index contributed by atoms with van der Waals surface area (Å²) in [5, 5.41) is 5.87. The molecule has 162 valence electrons. The minimum Gasteiger partial charge on any atom is -0.497 e. The SMILES string of the molecule is COc1cc(OC)cc(-c2nc3ccc(NC(=S)NC(=O)c4ccc(C)cc4)cc3o2)c1. The van der Waals surface area contributed by atoms with E-state index in [9.17, 15) is 4.79 Å². The highest BCUT2D eigenvalue weighted by Crippen LogP contribution is 2.32. The first kappa shape index (κ1) is 21.3. The molecule has 0 saturated heterocycles. The lowest BCUT2D eigenvalue weighted by Gasteiger charge is -2.09. The van der Waals surface area contributed by atoms with Gasteiger partial charge in [-0.1, -0.05) is 17.7 Å². The number of hydrogen-bond acceptors (Lipinski definition) is 6. The van der Waals surface area contributed by atoms with Crippen molar-refractivity contribution in [3.8, 4) is 23.0 Å². The average Bonchev–Trinajstić information content (AvgIpc) is 3.22. The summed E-state index contributed by atoms with van der Waals surface area (Å²) in [6.07, 6.45) is 0. The van der Waals surface area contributed by atoms with Crippen LogP contribution in [0.1, 0.15) is 15.9 Å². The molecule has 2 N–H and O–H groups in total. The lowest BCUT2D eigenvalue weighted by molar-refractivity contribution is 0.0977. The number of nitrogens with one attached hydrogen (secondary N) is 2. The Balaban J connectivity index is 1.51. The molecule has 0 aliphatic heterocycles. The molecular weight excluding hydrogens is 426 g/mol. The Bertz CT molecular complexity index is 1280. The van der Waals surface area contributed by atoms with E-state index in [-0.39, 0.29) is 11.0 Å². The van der Waals surface area contributed by atoms with Gasteiger partial charge in [-0.3, -0.25) is 10.1 Å². The fourth-order valence-electron chi connectivity index (χ4n) is 3.10. The summed E-state index contributed by atoms with van der Waals surface area (Å²) in [4.78, 5) is 16.9. The third-order valence-electron chi connectivity index (χ3n) is 4.79. The molecule has 8 heteroatoms. The molecule has 0 fully saturated rings. The molecule has 1 aromatic heterocycles. The number of benzene rings is 3. The highest BCUT2D eigenvalue weighted by Gasteiger charge is 2.13. The van der Waals surface area contributed by atoms with E-state index in [1.54, 1.807) is 38.5 Å². The van der Waals surface area contributed by atoms with Gasteiger partial charge in [-0.25, -0.2) is 4.98 Å². The Labute approximate surface area is 190 Å². The largest absolute Gasteiger partial charge is 0.497 e. The first-order valence-corrected chi connectivity index (χ1v) is 10.2. The lowest BCUT2D eigenvalue weighted by atomic mass is 10.1. The van der Waals surface area contributed by atoms with Crippen LogP contribution in [0.25, 0.3) is 22.6 Å². The number of thiocarbonyl (C=S) groups is 1. The Morgan fingerprint density at radius 2 is 1.66 bits per heavy atom. The number of amides is 1. The van der Waals surface area contributed by atoms with Crippen LogP contribution >= 0.6 is 12.2 Å². The molecule has 0 atom stereocenters. The number of fused-ring (bicyclic) bond motifs is 1. The van der Waals surface area contributed by atoms with Crippen molar-refractivity contribution >= 4 is 40.0 Å². The van der Waals surface area contributed by atoms with E-state index < -0.39 is 0 Å². The monoisotopic (exact) mass is 447 g/mol. The second-order valence-corrected chi connectivity index (χ2v) is 7.49. The van der Waals surface area contributed by atoms with Gasteiger partial charge >= 0.3 is 0 Å². The van der Waals surface area contributed by atoms with E-state index in [1.165, 1.54) is 0 Å². The van der Waals surface area contributed by atoms with Crippen molar-refractivity contribution < 1.29 is 18.7 Å². The second-order valence-electron chi connectivity index (χ2n) is 7.08. The van der Waals surface area contributed by atoms with Crippen molar-refractivity contribution in [2.24, 2.45) is 0 Å². The van der Waals surface area contributed by atoms with Crippen LogP contribution in [0.3, 0.4) is 0 Å². The normalized spacial score (nSPS) is 10.6. The third kappa shape index (κ3) is 4.70. The summed E-state index contributed by atoms with van der Waals surface area (Å²) in [5.74, 6) is 1.43. The van der Waals surface area contributed by atoms with Gasteiger partial charge in [-0.05, 0) is 55.5 Å². The summed E-state index contributed by atoms with van der Waals surface area (Å²) in [7, 11) is 3.17. The Hall–Kier alpha value is -3.91. The van der Waals surface area contributed by atoms with Gasteiger partial charge in [0.1, 0.15) is 17.0 Å². The quantitative estimate of drug-likeness (QED) is 0.419. The molecule has 0 radical (unpaired) electrons. The summed E-state index contributed by atoms with van der Waals surface area (Å²) < 4.78 is 16.6. The number of rotatable bonds is 5. The predicted octanol–water partition coefficient (Wildman–Crippen LogP) is 4.95. The highest BCUT2D eigenvalue weighted by molar-refractivity contribution is 7.80. The number of aryl methyl sites for hydroxylation is 1. The number of nitrogens with zero attached hydrogens (tertiary/aromatic N) is 1. The van der Waals surface area contributed by atoms with Crippen LogP contribution in [-0.2, 0) is 0 Å². The molecule has 4 rings (SSSR count). The van der Waals surface area contributed by atoms with Crippen molar-refractivity contribution in [2.75, 3.05) is 19.5 Å². The highest BCUT2D eigenvalue weighted by atomic mass is 32.1. The molecule has 1 amide bonds.